The molecule has 0 fully saturated rings. The van der Waals surface area contributed by atoms with Gasteiger partial charge < -0.3 is 15.1 Å². The van der Waals surface area contributed by atoms with E-state index in [1.807, 2.05) is 20.8 Å². The average molecular weight is 265 g/mol. The van der Waals surface area contributed by atoms with Crippen molar-refractivity contribution in [3.8, 4) is 5.75 Å². The molecule has 1 rings (SSSR count). The highest BCUT2D eigenvalue weighted by atomic mass is 16.4. The van der Waals surface area contributed by atoms with Crippen LogP contribution in [0.2, 0.25) is 0 Å². The molecule has 0 unspecified atom stereocenters. The SMILES string of the molecule is CC(C)(C)N(CCC(=O)O)C(=O)c1cccc(O)c1. The van der Waals surface area contributed by atoms with E-state index < -0.39 is 11.5 Å². The molecule has 0 aliphatic carbocycles. The normalized spacial score (nSPS) is 11.1. The molecule has 5 heteroatoms. The molecule has 0 aliphatic heterocycles. The highest BCUT2D eigenvalue weighted by Gasteiger charge is 2.27. The van der Waals surface area contributed by atoms with Crippen LogP contribution in [0.15, 0.2) is 24.3 Å². The Hall–Kier alpha value is -2.04. The maximum atomic E-state index is 12.4. The fourth-order valence-electron chi connectivity index (χ4n) is 1.74. The molecule has 2 N–H and O–H groups in total. The van der Waals surface area contributed by atoms with Crippen molar-refractivity contribution < 1.29 is 19.8 Å². The Morgan fingerprint density at radius 2 is 1.89 bits per heavy atom. The van der Waals surface area contributed by atoms with Gasteiger partial charge in [0.25, 0.3) is 5.91 Å². The molecule has 1 aromatic carbocycles. The summed E-state index contributed by atoms with van der Waals surface area (Å²) in [7, 11) is 0. The Labute approximate surface area is 112 Å². The molecule has 0 saturated heterocycles. The van der Waals surface area contributed by atoms with Crippen LogP contribution in [0.1, 0.15) is 37.6 Å². The van der Waals surface area contributed by atoms with Crippen LogP contribution in [-0.4, -0.2) is 39.1 Å². The van der Waals surface area contributed by atoms with Crippen LogP contribution in [0, 0.1) is 0 Å². The zero-order valence-electron chi connectivity index (χ0n) is 11.4. The van der Waals surface area contributed by atoms with Crippen molar-refractivity contribution in [3.05, 3.63) is 29.8 Å². The number of hydrogen-bond acceptors (Lipinski definition) is 3. The maximum Gasteiger partial charge on any atom is 0.305 e. The van der Waals surface area contributed by atoms with E-state index in [4.69, 9.17) is 5.11 Å². The van der Waals surface area contributed by atoms with Crippen molar-refractivity contribution in [2.24, 2.45) is 0 Å². The molecule has 5 nitrogen and oxygen atoms in total. The first-order valence-electron chi connectivity index (χ1n) is 6.04. The van der Waals surface area contributed by atoms with Gasteiger partial charge in [-0.25, -0.2) is 0 Å². The third kappa shape index (κ3) is 4.28. The minimum Gasteiger partial charge on any atom is -0.508 e. The first kappa shape index (κ1) is 15.0. The molecule has 19 heavy (non-hydrogen) atoms. The summed E-state index contributed by atoms with van der Waals surface area (Å²) in [6.45, 7) is 5.66. The van der Waals surface area contributed by atoms with E-state index in [0.29, 0.717) is 5.56 Å². The van der Waals surface area contributed by atoms with E-state index in [1.54, 1.807) is 12.1 Å². The summed E-state index contributed by atoms with van der Waals surface area (Å²) in [4.78, 5) is 24.5. The summed E-state index contributed by atoms with van der Waals surface area (Å²) in [5, 5.41) is 18.1. The predicted molar refractivity (Wildman–Crippen MR) is 71.1 cm³/mol. The van der Waals surface area contributed by atoms with Crippen molar-refractivity contribution in [2.75, 3.05) is 6.54 Å². The van der Waals surface area contributed by atoms with Gasteiger partial charge in [-0.15, -0.1) is 0 Å². The number of phenols is 1. The third-order valence-electron chi connectivity index (χ3n) is 2.70. The zero-order valence-corrected chi connectivity index (χ0v) is 11.4. The number of carbonyl (C=O) groups excluding carboxylic acids is 1. The summed E-state index contributed by atoms with van der Waals surface area (Å²) >= 11 is 0. The second kappa shape index (κ2) is 5.73. The summed E-state index contributed by atoms with van der Waals surface area (Å²) in [6.07, 6.45) is -0.109. The molecule has 0 atom stereocenters. The molecule has 0 radical (unpaired) electrons. The van der Waals surface area contributed by atoms with Crippen LogP contribution < -0.4 is 0 Å². The Balaban J connectivity index is 2.97. The molecule has 0 spiro atoms. The lowest BCUT2D eigenvalue weighted by Gasteiger charge is -2.35. The van der Waals surface area contributed by atoms with Crippen LogP contribution >= 0.6 is 0 Å². The Morgan fingerprint density at radius 1 is 1.26 bits per heavy atom. The molecule has 0 heterocycles. The van der Waals surface area contributed by atoms with Gasteiger partial charge in [0.05, 0.1) is 6.42 Å². The van der Waals surface area contributed by atoms with Crippen molar-refractivity contribution in [2.45, 2.75) is 32.7 Å². The number of aromatic hydroxyl groups is 1. The Morgan fingerprint density at radius 3 is 2.37 bits per heavy atom. The second-order valence-electron chi connectivity index (χ2n) is 5.32. The average Bonchev–Trinajstić information content (AvgIpc) is 2.26. The third-order valence-corrected chi connectivity index (χ3v) is 2.70. The number of carboxylic acids is 1. The van der Waals surface area contributed by atoms with Gasteiger partial charge in [0.1, 0.15) is 5.75 Å². The molecular weight excluding hydrogens is 246 g/mol. The predicted octanol–water partition coefficient (Wildman–Crippen LogP) is 2.11. The first-order chi connectivity index (χ1) is 8.71. The van der Waals surface area contributed by atoms with Gasteiger partial charge >= 0.3 is 5.97 Å². The summed E-state index contributed by atoms with van der Waals surface area (Å²) in [6, 6.07) is 6.04. The lowest BCUT2D eigenvalue weighted by Crippen LogP contribution is -2.46. The highest BCUT2D eigenvalue weighted by Crippen LogP contribution is 2.20. The number of aliphatic carboxylic acids is 1. The molecule has 0 bridgehead atoms. The summed E-state index contributed by atoms with van der Waals surface area (Å²) in [5.41, 5.74) is -0.141. The summed E-state index contributed by atoms with van der Waals surface area (Å²) < 4.78 is 0. The number of rotatable bonds is 4. The quantitative estimate of drug-likeness (QED) is 0.874. The Bertz CT molecular complexity index is 477. The van der Waals surface area contributed by atoms with E-state index in [9.17, 15) is 14.7 Å². The van der Waals surface area contributed by atoms with E-state index in [1.165, 1.54) is 17.0 Å². The lowest BCUT2D eigenvalue weighted by molar-refractivity contribution is -0.137. The molecule has 1 amide bonds. The number of nitrogens with zero attached hydrogens (tertiary/aromatic N) is 1. The molecule has 104 valence electrons. The molecule has 0 aromatic heterocycles. The van der Waals surface area contributed by atoms with Gasteiger partial charge in [-0.05, 0) is 39.0 Å². The number of benzene rings is 1. The standard InChI is InChI=1S/C14H19NO4/c1-14(2,3)15(8-7-12(17)18)13(19)10-5-4-6-11(16)9-10/h4-6,9,16H,7-8H2,1-3H3,(H,17,18). The molecule has 0 saturated carbocycles. The van der Waals surface area contributed by atoms with Crippen LogP contribution in [0.3, 0.4) is 0 Å². The fraction of sp³-hybridized carbons (Fsp3) is 0.429. The highest BCUT2D eigenvalue weighted by molar-refractivity contribution is 5.95. The topological polar surface area (TPSA) is 77.8 Å². The number of amides is 1. The number of carbonyl (C=O) groups is 2. The number of hydrogen-bond donors (Lipinski definition) is 2. The second-order valence-corrected chi connectivity index (χ2v) is 5.32. The van der Waals surface area contributed by atoms with Crippen molar-refractivity contribution in [1.82, 2.24) is 4.90 Å². The molecular formula is C14H19NO4. The monoisotopic (exact) mass is 265 g/mol. The van der Waals surface area contributed by atoms with Gasteiger partial charge in [0.15, 0.2) is 0 Å². The van der Waals surface area contributed by atoms with Crippen molar-refractivity contribution >= 4 is 11.9 Å². The van der Waals surface area contributed by atoms with Gasteiger partial charge in [0.2, 0.25) is 0 Å². The molecule has 0 aliphatic rings. The van der Waals surface area contributed by atoms with Crippen molar-refractivity contribution in [3.63, 3.8) is 0 Å². The maximum absolute atomic E-state index is 12.4. The fourth-order valence-corrected chi connectivity index (χ4v) is 1.74. The van der Waals surface area contributed by atoms with E-state index in [2.05, 4.69) is 0 Å². The number of phenolic OH excluding ortho intramolecular Hbond substituents is 1. The number of carboxylic acid groups (broad SMARTS) is 1. The van der Waals surface area contributed by atoms with Gasteiger partial charge in [0, 0.05) is 17.6 Å². The van der Waals surface area contributed by atoms with Crippen LogP contribution in [0.4, 0.5) is 0 Å². The van der Waals surface area contributed by atoms with Gasteiger partial charge in [-0.2, -0.15) is 0 Å². The Kier molecular flexibility index (Phi) is 4.53. The minimum absolute atomic E-state index is 0.0120. The molecule has 1 aromatic rings. The van der Waals surface area contributed by atoms with Crippen molar-refractivity contribution in [1.29, 1.82) is 0 Å². The van der Waals surface area contributed by atoms with E-state index in [0.717, 1.165) is 0 Å². The first-order valence-corrected chi connectivity index (χ1v) is 6.04. The van der Waals surface area contributed by atoms with Crippen LogP contribution in [0.25, 0.3) is 0 Å². The minimum atomic E-state index is -0.946. The van der Waals surface area contributed by atoms with Gasteiger partial charge in [-0.1, -0.05) is 6.07 Å². The van der Waals surface area contributed by atoms with E-state index in [-0.39, 0.29) is 24.6 Å². The van der Waals surface area contributed by atoms with Crippen LogP contribution in [0.5, 0.6) is 5.75 Å². The smallest absolute Gasteiger partial charge is 0.305 e. The van der Waals surface area contributed by atoms with Crippen LogP contribution in [-0.2, 0) is 4.79 Å². The summed E-state index contributed by atoms with van der Waals surface area (Å²) in [5.74, 6) is -1.22. The largest absolute Gasteiger partial charge is 0.508 e. The zero-order chi connectivity index (χ0) is 14.6. The van der Waals surface area contributed by atoms with Gasteiger partial charge in [-0.3, -0.25) is 9.59 Å². The van der Waals surface area contributed by atoms with E-state index >= 15 is 0 Å². The lowest BCUT2D eigenvalue weighted by atomic mass is 10.0.